The largest absolute Gasteiger partial charge is 0.354 e. The number of rotatable bonds is 5. The number of nitrogens with zero attached hydrogens (tertiary/aromatic N) is 3. The van der Waals surface area contributed by atoms with Gasteiger partial charge in [-0.1, -0.05) is 0 Å². The molecule has 2 aromatic rings. The fraction of sp³-hybridized carbons (Fsp3) is 0.400. The van der Waals surface area contributed by atoms with Crippen molar-refractivity contribution >= 4 is 5.95 Å². The predicted molar refractivity (Wildman–Crippen MR) is 79.4 cm³/mol. The Hall–Kier alpha value is -2.01. The van der Waals surface area contributed by atoms with Crippen LogP contribution in [0.25, 0.3) is 11.1 Å². The van der Waals surface area contributed by atoms with Gasteiger partial charge in [0.05, 0.1) is 0 Å². The third-order valence-corrected chi connectivity index (χ3v) is 3.60. The fourth-order valence-corrected chi connectivity index (χ4v) is 2.47. The van der Waals surface area contributed by atoms with E-state index in [9.17, 15) is 0 Å². The number of nitrogens with one attached hydrogen (secondary N) is 2. The van der Waals surface area contributed by atoms with Crippen molar-refractivity contribution in [1.82, 2.24) is 20.3 Å². The molecule has 5 heteroatoms. The molecule has 1 aliphatic rings. The highest BCUT2D eigenvalue weighted by atomic mass is 15.1. The van der Waals surface area contributed by atoms with Crippen molar-refractivity contribution in [3.05, 3.63) is 36.9 Å². The first-order valence-corrected chi connectivity index (χ1v) is 7.11. The molecule has 2 N–H and O–H groups in total. The summed E-state index contributed by atoms with van der Waals surface area (Å²) in [5, 5.41) is 6.76. The summed E-state index contributed by atoms with van der Waals surface area (Å²) in [6.07, 6.45) is 10.9. The average molecular weight is 269 g/mol. The third kappa shape index (κ3) is 3.30. The molecule has 0 radical (unpaired) electrons. The molecule has 1 atom stereocenters. The zero-order valence-electron chi connectivity index (χ0n) is 11.4. The second kappa shape index (κ2) is 6.43. The van der Waals surface area contributed by atoms with Crippen molar-refractivity contribution in [2.75, 3.05) is 18.4 Å². The van der Waals surface area contributed by atoms with Gasteiger partial charge in [-0.05, 0) is 43.5 Å². The summed E-state index contributed by atoms with van der Waals surface area (Å²) in [5.41, 5.74) is 2.09. The van der Waals surface area contributed by atoms with Gasteiger partial charge in [0.1, 0.15) is 0 Å². The molecule has 1 saturated heterocycles. The van der Waals surface area contributed by atoms with E-state index < -0.39 is 0 Å². The quantitative estimate of drug-likeness (QED) is 0.870. The van der Waals surface area contributed by atoms with Crippen LogP contribution in [0.15, 0.2) is 36.9 Å². The SMILES string of the molecule is c1cc(-c2cnc(NCCC3CCCN3)nc2)ccn1. The summed E-state index contributed by atoms with van der Waals surface area (Å²) in [6.45, 7) is 2.06. The molecule has 5 nitrogen and oxygen atoms in total. The maximum Gasteiger partial charge on any atom is 0.222 e. The molecular formula is C15H19N5. The Morgan fingerprint density at radius 1 is 1.15 bits per heavy atom. The Kier molecular flexibility index (Phi) is 4.18. The Morgan fingerprint density at radius 2 is 1.95 bits per heavy atom. The summed E-state index contributed by atoms with van der Waals surface area (Å²) >= 11 is 0. The molecule has 0 spiro atoms. The van der Waals surface area contributed by atoms with Crippen LogP contribution in [-0.2, 0) is 0 Å². The van der Waals surface area contributed by atoms with Gasteiger partial charge in [0.25, 0.3) is 0 Å². The minimum absolute atomic E-state index is 0.651. The Labute approximate surface area is 118 Å². The van der Waals surface area contributed by atoms with Gasteiger partial charge in [0.2, 0.25) is 5.95 Å². The highest BCUT2D eigenvalue weighted by Crippen LogP contribution is 2.16. The molecule has 0 aromatic carbocycles. The average Bonchev–Trinajstić information content (AvgIpc) is 3.02. The van der Waals surface area contributed by atoms with Crippen molar-refractivity contribution in [2.24, 2.45) is 0 Å². The molecule has 0 aliphatic carbocycles. The summed E-state index contributed by atoms with van der Waals surface area (Å²) in [4.78, 5) is 12.7. The second-order valence-electron chi connectivity index (χ2n) is 5.04. The van der Waals surface area contributed by atoms with Gasteiger partial charge in [-0.25, -0.2) is 9.97 Å². The van der Waals surface area contributed by atoms with E-state index in [-0.39, 0.29) is 0 Å². The lowest BCUT2D eigenvalue weighted by molar-refractivity contribution is 0.573. The van der Waals surface area contributed by atoms with Gasteiger partial charge < -0.3 is 10.6 Å². The molecule has 1 unspecified atom stereocenters. The third-order valence-electron chi connectivity index (χ3n) is 3.60. The molecule has 20 heavy (non-hydrogen) atoms. The lowest BCUT2D eigenvalue weighted by Crippen LogP contribution is -2.24. The number of anilines is 1. The molecule has 2 aromatic heterocycles. The topological polar surface area (TPSA) is 62.7 Å². The molecule has 0 amide bonds. The summed E-state index contributed by atoms with van der Waals surface area (Å²) in [5.74, 6) is 0.695. The number of hydrogen-bond donors (Lipinski definition) is 2. The molecule has 1 aliphatic heterocycles. The number of hydrogen-bond acceptors (Lipinski definition) is 5. The van der Waals surface area contributed by atoms with Crippen molar-refractivity contribution in [1.29, 1.82) is 0 Å². The molecule has 3 heterocycles. The lowest BCUT2D eigenvalue weighted by atomic mass is 10.1. The lowest BCUT2D eigenvalue weighted by Gasteiger charge is -2.10. The van der Waals surface area contributed by atoms with E-state index in [0.29, 0.717) is 12.0 Å². The van der Waals surface area contributed by atoms with Gasteiger partial charge in [-0.3, -0.25) is 4.98 Å². The minimum atomic E-state index is 0.651. The Morgan fingerprint density at radius 3 is 2.65 bits per heavy atom. The van der Waals surface area contributed by atoms with Crippen LogP contribution in [0.1, 0.15) is 19.3 Å². The first-order chi connectivity index (χ1) is 9.92. The minimum Gasteiger partial charge on any atom is -0.354 e. The first kappa shape index (κ1) is 13.0. The van der Waals surface area contributed by atoms with Gasteiger partial charge >= 0.3 is 0 Å². The monoisotopic (exact) mass is 269 g/mol. The Balaban J connectivity index is 1.53. The molecule has 104 valence electrons. The standard InChI is InChI=1S/C15H19N5/c1-2-14(17-6-1)5-9-18-15-19-10-13(11-20-15)12-3-7-16-8-4-12/h3-4,7-8,10-11,14,17H,1-2,5-6,9H2,(H,18,19,20). The maximum absolute atomic E-state index is 4.36. The number of aromatic nitrogens is 3. The van der Waals surface area contributed by atoms with E-state index in [1.54, 1.807) is 12.4 Å². The smallest absolute Gasteiger partial charge is 0.222 e. The van der Waals surface area contributed by atoms with Crippen molar-refractivity contribution in [3.8, 4) is 11.1 Å². The Bertz CT molecular complexity index is 520. The van der Waals surface area contributed by atoms with E-state index >= 15 is 0 Å². The van der Waals surface area contributed by atoms with Crippen LogP contribution in [-0.4, -0.2) is 34.1 Å². The van der Waals surface area contributed by atoms with Crippen LogP contribution < -0.4 is 10.6 Å². The van der Waals surface area contributed by atoms with E-state index in [2.05, 4.69) is 25.6 Å². The van der Waals surface area contributed by atoms with Crippen LogP contribution in [0.3, 0.4) is 0 Å². The zero-order valence-corrected chi connectivity index (χ0v) is 11.4. The van der Waals surface area contributed by atoms with Crippen LogP contribution in [0, 0.1) is 0 Å². The normalized spacial score (nSPS) is 18.1. The van der Waals surface area contributed by atoms with Crippen LogP contribution in [0.2, 0.25) is 0 Å². The summed E-state index contributed by atoms with van der Waals surface area (Å²) in [6, 6.07) is 4.56. The fourth-order valence-electron chi connectivity index (χ4n) is 2.47. The predicted octanol–water partition coefficient (Wildman–Crippen LogP) is 2.09. The number of pyridine rings is 1. The molecule has 1 fully saturated rings. The van der Waals surface area contributed by atoms with Gasteiger partial charge in [-0.15, -0.1) is 0 Å². The second-order valence-corrected chi connectivity index (χ2v) is 5.04. The van der Waals surface area contributed by atoms with E-state index in [1.165, 1.54) is 12.8 Å². The van der Waals surface area contributed by atoms with Crippen molar-refractivity contribution in [2.45, 2.75) is 25.3 Å². The van der Waals surface area contributed by atoms with Crippen molar-refractivity contribution < 1.29 is 0 Å². The van der Waals surface area contributed by atoms with E-state index in [4.69, 9.17) is 0 Å². The highest BCUT2D eigenvalue weighted by molar-refractivity contribution is 5.61. The van der Waals surface area contributed by atoms with Gasteiger partial charge in [0, 0.05) is 42.9 Å². The van der Waals surface area contributed by atoms with E-state index in [0.717, 1.165) is 30.6 Å². The van der Waals surface area contributed by atoms with Crippen molar-refractivity contribution in [3.63, 3.8) is 0 Å². The van der Waals surface area contributed by atoms with E-state index in [1.807, 2.05) is 24.5 Å². The molecule has 3 rings (SSSR count). The zero-order chi connectivity index (χ0) is 13.6. The molecule has 0 bridgehead atoms. The molecule has 0 saturated carbocycles. The molecular weight excluding hydrogens is 250 g/mol. The van der Waals surface area contributed by atoms with Crippen LogP contribution >= 0.6 is 0 Å². The first-order valence-electron chi connectivity index (χ1n) is 7.11. The summed E-state index contributed by atoms with van der Waals surface area (Å²) in [7, 11) is 0. The van der Waals surface area contributed by atoms with Crippen LogP contribution in [0.5, 0.6) is 0 Å². The maximum atomic E-state index is 4.36. The summed E-state index contributed by atoms with van der Waals surface area (Å²) < 4.78 is 0. The highest BCUT2D eigenvalue weighted by Gasteiger charge is 2.13. The van der Waals surface area contributed by atoms with Gasteiger partial charge in [-0.2, -0.15) is 0 Å². The van der Waals surface area contributed by atoms with Gasteiger partial charge in [0.15, 0.2) is 0 Å². The van der Waals surface area contributed by atoms with Crippen LogP contribution in [0.4, 0.5) is 5.95 Å².